The molecule has 0 fully saturated rings. The van der Waals surface area contributed by atoms with Crippen molar-refractivity contribution in [2.24, 2.45) is 4.99 Å². The number of rotatable bonds is 5. The van der Waals surface area contributed by atoms with Gasteiger partial charge in [0.2, 0.25) is 0 Å². The zero-order chi connectivity index (χ0) is 24.5. The summed E-state index contributed by atoms with van der Waals surface area (Å²) in [6, 6.07) is 14.0. The minimum absolute atomic E-state index is 0.0514. The molecule has 0 atom stereocenters. The number of hydrogen-bond acceptors (Lipinski definition) is 4. The fourth-order valence-electron chi connectivity index (χ4n) is 3.25. The lowest BCUT2D eigenvalue weighted by Gasteiger charge is -2.09. The number of hydrogen-bond donors (Lipinski definition) is 1. The number of nitrogens with one attached hydrogen (secondary N) is 1. The van der Waals surface area contributed by atoms with Crippen LogP contribution in [-0.4, -0.2) is 18.9 Å². The molecule has 0 bridgehead atoms. The van der Waals surface area contributed by atoms with Gasteiger partial charge < -0.3 is 4.57 Å². The maximum atomic E-state index is 14.4. The molecule has 4 aromatic rings. The average molecular weight is 498 g/mol. The van der Waals surface area contributed by atoms with E-state index >= 15 is 0 Å². The van der Waals surface area contributed by atoms with Crippen molar-refractivity contribution in [2.45, 2.75) is 18.4 Å². The molecule has 1 N–H and O–H groups in total. The van der Waals surface area contributed by atoms with Crippen molar-refractivity contribution >= 4 is 43.2 Å². The number of aryl methyl sites for hydroxylation is 1. The number of sulfonamides is 1. The summed E-state index contributed by atoms with van der Waals surface area (Å²) >= 11 is 0.916. The number of aromatic nitrogens is 1. The Labute approximate surface area is 198 Å². The van der Waals surface area contributed by atoms with Gasteiger partial charge in [-0.3, -0.25) is 9.52 Å². The van der Waals surface area contributed by atoms with Crippen molar-refractivity contribution in [3.63, 3.8) is 0 Å². The van der Waals surface area contributed by atoms with Crippen LogP contribution in [0.5, 0.6) is 0 Å². The minimum Gasteiger partial charge on any atom is -0.302 e. The number of fused-ring (bicyclic) bond motifs is 1. The van der Waals surface area contributed by atoms with E-state index in [4.69, 9.17) is 6.42 Å². The van der Waals surface area contributed by atoms with Crippen LogP contribution in [0.3, 0.4) is 0 Å². The van der Waals surface area contributed by atoms with Crippen molar-refractivity contribution in [1.29, 1.82) is 0 Å². The fraction of sp³-hybridized carbons (Fsp3) is 0.0833. The smallest absolute Gasteiger partial charge is 0.279 e. The molecular weight excluding hydrogens is 480 g/mol. The first-order chi connectivity index (χ1) is 16.2. The summed E-state index contributed by atoms with van der Waals surface area (Å²) in [7, 11) is -3.86. The van der Waals surface area contributed by atoms with Crippen LogP contribution in [0.1, 0.15) is 15.9 Å². The van der Waals surface area contributed by atoms with Crippen LogP contribution in [0.2, 0.25) is 0 Å². The second-order valence-electron chi connectivity index (χ2n) is 7.33. The molecule has 34 heavy (non-hydrogen) atoms. The summed E-state index contributed by atoms with van der Waals surface area (Å²) in [5.74, 6) is 0.0976. The highest BCUT2D eigenvalue weighted by Crippen LogP contribution is 2.23. The summed E-state index contributed by atoms with van der Waals surface area (Å²) in [6.07, 6.45) is 5.38. The minimum atomic E-state index is -3.86. The molecular formula is C24H17F2N3O3S2. The van der Waals surface area contributed by atoms with Crippen LogP contribution in [-0.2, 0) is 16.6 Å². The van der Waals surface area contributed by atoms with E-state index in [-0.39, 0.29) is 37.7 Å². The molecule has 0 aliphatic carbocycles. The van der Waals surface area contributed by atoms with E-state index in [0.717, 1.165) is 29.0 Å². The third-order valence-corrected chi connectivity index (χ3v) is 7.26. The third kappa shape index (κ3) is 4.76. The first-order valence-corrected chi connectivity index (χ1v) is 12.2. The normalized spacial score (nSPS) is 12.0. The van der Waals surface area contributed by atoms with Crippen LogP contribution in [0.4, 0.5) is 14.5 Å². The SMILES string of the molecule is C#CCn1c(=NC(=O)c2cccc(NS(=O)(=O)c3ccc(C)cc3)c2)sc2cc(F)cc(F)c21. The number of terminal acetylenes is 1. The van der Waals surface area contributed by atoms with Gasteiger partial charge >= 0.3 is 0 Å². The van der Waals surface area contributed by atoms with Crippen molar-refractivity contribution in [1.82, 2.24) is 4.57 Å². The fourth-order valence-corrected chi connectivity index (χ4v) is 5.37. The number of amides is 1. The Bertz CT molecular complexity index is 1630. The van der Waals surface area contributed by atoms with Crippen molar-refractivity contribution in [3.8, 4) is 12.3 Å². The highest BCUT2D eigenvalue weighted by molar-refractivity contribution is 7.92. The van der Waals surface area contributed by atoms with Gasteiger partial charge in [0.05, 0.1) is 21.7 Å². The lowest BCUT2D eigenvalue weighted by atomic mass is 10.2. The molecule has 0 saturated heterocycles. The summed E-state index contributed by atoms with van der Waals surface area (Å²) in [5, 5.41) is 0. The monoisotopic (exact) mass is 497 g/mol. The zero-order valence-electron chi connectivity index (χ0n) is 17.7. The molecule has 10 heteroatoms. The number of anilines is 1. The van der Waals surface area contributed by atoms with E-state index in [2.05, 4.69) is 15.6 Å². The topological polar surface area (TPSA) is 80.5 Å². The molecule has 1 heterocycles. The van der Waals surface area contributed by atoms with Gasteiger partial charge in [0.25, 0.3) is 15.9 Å². The van der Waals surface area contributed by atoms with Crippen LogP contribution >= 0.6 is 11.3 Å². The lowest BCUT2D eigenvalue weighted by molar-refractivity contribution is 0.0998. The van der Waals surface area contributed by atoms with Gasteiger partial charge in [-0.15, -0.1) is 6.42 Å². The van der Waals surface area contributed by atoms with Crippen molar-refractivity contribution < 1.29 is 22.0 Å². The Kier molecular flexibility index (Phi) is 6.32. The van der Waals surface area contributed by atoms with Gasteiger partial charge in [-0.05, 0) is 43.3 Å². The second kappa shape index (κ2) is 9.21. The number of carbonyl (C=O) groups excluding carboxylic acids is 1. The Balaban J connectivity index is 1.70. The second-order valence-corrected chi connectivity index (χ2v) is 10.0. The summed E-state index contributed by atoms with van der Waals surface area (Å²) in [6.45, 7) is 1.77. The number of nitrogens with zero attached hydrogens (tertiary/aromatic N) is 2. The van der Waals surface area contributed by atoms with Crippen molar-refractivity contribution in [2.75, 3.05) is 4.72 Å². The molecule has 4 rings (SSSR count). The lowest BCUT2D eigenvalue weighted by Crippen LogP contribution is -2.17. The molecule has 3 aromatic carbocycles. The molecule has 0 aliphatic heterocycles. The van der Waals surface area contributed by atoms with Gasteiger partial charge in [0.15, 0.2) is 10.6 Å². The van der Waals surface area contributed by atoms with Gasteiger partial charge in [0.1, 0.15) is 5.82 Å². The quantitative estimate of drug-likeness (QED) is 0.414. The number of halogens is 2. The van der Waals surface area contributed by atoms with Gasteiger partial charge in [-0.1, -0.05) is 41.0 Å². The van der Waals surface area contributed by atoms with E-state index in [0.29, 0.717) is 0 Å². The third-order valence-electron chi connectivity index (χ3n) is 4.83. The Morgan fingerprint density at radius 2 is 1.88 bits per heavy atom. The maximum absolute atomic E-state index is 14.4. The predicted octanol–water partition coefficient (Wildman–Crippen LogP) is 4.46. The molecule has 0 radical (unpaired) electrons. The molecule has 0 unspecified atom stereocenters. The summed E-state index contributed by atoms with van der Waals surface area (Å²) in [4.78, 5) is 17.1. The van der Waals surface area contributed by atoms with E-state index in [1.165, 1.54) is 41.0 Å². The largest absolute Gasteiger partial charge is 0.302 e. The van der Waals surface area contributed by atoms with Gasteiger partial charge in [-0.2, -0.15) is 4.99 Å². The molecule has 172 valence electrons. The molecule has 0 aliphatic rings. The number of thiazole rings is 1. The molecule has 1 amide bonds. The van der Waals surface area contributed by atoms with Crippen LogP contribution in [0.15, 0.2) is 70.6 Å². The standard InChI is InChI=1S/C24H17F2N3O3S2/c1-3-11-29-22-20(26)13-17(25)14-21(22)33-24(29)27-23(30)16-5-4-6-18(12-16)28-34(31,32)19-9-7-15(2)8-10-19/h1,4-10,12-14,28H,11H2,2H3. The zero-order valence-corrected chi connectivity index (χ0v) is 19.4. The number of carbonyl (C=O) groups is 1. The first kappa shape index (κ1) is 23.4. The van der Waals surface area contributed by atoms with Crippen LogP contribution in [0, 0.1) is 30.9 Å². The van der Waals surface area contributed by atoms with E-state index in [9.17, 15) is 22.0 Å². The number of benzene rings is 3. The van der Waals surface area contributed by atoms with Crippen LogP contribution < -0.4 is 9.52 Å². The molecule has 0 saturated carbocycles. The van der Waals surface area contributed by atoms with Crippen molar-refractivity contribution in [3.05, 3.63) is 88.2 Å². The van der Waals surface area contributed by atoms with E-state index in [1.807, 2.05) is 6.92 Å². The molecule has 0 spiro atoms. The Morgan fingerprint density at radius 1 is 1.15 bits per heavy atom. The molecule has 6 nitrogen and oxygen atoms in total. The summed E-state index contributed by atoms with van der Waals surface area (Å²) < 4.78 is 57.3. The highest BCUT2D eigenvalue weighted by Gasteiger charge is 2.16. The van der Waals surface area contributed by atoms with Gasteiger partial charge in [-0.25, -0.2) is 17.2 Å². The Hall–Kier alpha value is -3.81. The maximum Gasteiger partial charge on any atom is 0.279 e. The van der Waals surface area contributed by atoms with Gasteiger partial charge in [0, 0.05) is 17.3 Å². The van der Waals surface area contributed by atoms with E-state index in [1.54, 1.807) is 12.1 Å². The average Bonchev–Trinajstić information content (AvgIpc) is 3.11. The predicted molar refractivity (Wildman–Crippen MR) is 127 cm³/mol. The summed E-state index contributed by atoms with van der Waals surface area (Å²) in [5.41, 5.74) is 1.23. The molecule has 1 aromatic heterocycles. The Morgan fingerprint density at radius 3 is 2.59 bits per heavy atom. The highest BCUT2D eigenvalue weighted by atomic mass is 32.2. The van der Waals surface area contributed by atoms with Crippen LogP contribution in [0.25, 0.3) is 10.2 Å². The van der Waals surface area contributed by atoms with E-state index < -0.39 is 27.6 Å². The first-order valence-electron chi connectivity index (χ1n) is 9.88.